The quantitative estimate of drug-likeness (QED) is 0.580. The van der Waals surface area contributed by atoms with Crippen molar-refractivity contribution in [3.8, 4) is 0 Å². The van der Waals surface area contributed by atoms with Gasteiger partial charge in [0.15, 0.2) is 0 Å². The summed E-state index contributed by atoms with van der Waals surface area (Å²) in [6.45, 7) is 0. The van der Waals surface area contributed by atoms with Gasteiger partial charge < -0.3 is 5.73 Å². The maximum Gasteiger partial charge on any atom is 0.430 e. The van der Waals surface area contributed by atoms with E-state index in [0.29, 0.717) is 6.08 Å². The third kappa shape index (κ3) is 3.34. The Balaban J connectivity index is 4.35. The number of hydrogen-bond donors (Lipinski definition) is 2. The largest absolute Gasteiger partial charge is 0.430 e. The van der Waals surface area contributed by atoms with Crippen LogP contribution in [0.2, 0.25) is 0 Å². The lowest BCUT2D eigenvalue weighted by Crippen LogP contribution is -2.19. The lowest BCUT2D eigenvalue weighted by Gasteiger charge is -2.03. The molecule has 10 heavy (non-hydrogen) atoms. The number of halogens is 4. The average Bonchev–Trinajstić information content (AvgIpc) is 1.60. The SMILES string of the molecule is N=C(Cl)C=C(N)C(F)(F)F. The second-order valence-corrected chi connectivity index (χ2v) is 1.85. The number of nitrogens with two attached hydrogens (primary N) is 1. The molecule has 0 amide bonds. The molecule has 2 nitrogen and oxygen atoms in total. The molecule has 6 heteroatoms. The number of allylic oxidation sites excluding steroid dienone is 2. The Morgan fingerprint density at radius 2 is 1.90 bits per heavy atom. The van der Waals surface area contributed by atoms with Gasteiger partial charge >= 0.3 is 6.18 Å². The van der Waals surface area contributed by atoms with Crippen molar-refractivity contribution in [1.29, 1.82) is 5.41 Å². The Morgan fingerprint density at radius 3 is 2.00 bits per heavy atom. The summed E-state index contributed by atoms with van der Waals surface area (Å²) in [6, 6.07) is 0. The van der Waals surface area contributed by atoms with Crippen molar-refractivity contribution in [2.24, 2.45) is 5.73 Å². The predicted molar refractivity (Wildman–Crippen MR) is 31.9 cm³/mol. The molecule has 3 N–H and O–H groups in total. The molecular weight excluding hydrogens is 169 g/mol. The van der Waals surface area contributed by atoms with Crippen molar-refractivity contribution in [3.63, 3.8) is 0 Å². The van der Waals surface area contributed by atoms with Crippen molar-refractivity contribution >= 4 is 16.8 Å². The van der Waals surface area contributed by atoms with Crippen LogP contribution < -0.4 is 5.73 Å². The lowest BCUT2D eigenvalue weighted by molar-refractivity contribution is -0.0925. The smallest absolute Gasteiger partial charge is 0.395 e. The van der Waals surface area contributed by atoms with E-state index < -0.39 is 17.0 Å². The average molecular weight is 173 g/mol. The summed E-state index contributed by atoms with van der Waals surface area (Å²) in [4.78, 5) is 0. The van der Waals surface area contributed by atoms with Gasteiger partial charge in [0.05, 0.1) is 0 Å². The van der Waals surface area contributed by atoms with Crippen LogP contribution in [0, 0.1) is 5.41 Å². The highest BCUT2D eigenvalue weighted by atomic mass is 35.5. The zero-order valence-corrected chi connectivity index (χ0v) is 5.42. The Kier molecular flexibility index (Phi) is 2.71. The molecule has 0 aromatic heterocycles. The Hall–Kier alpha value is -0.710. The molecule has 0 rings (SSSR count). The van der Waals surface area contributed by atoms with Crippen molar-refractivity contribution in [2.45, 2.75) is 6.18 Å². The standard InChI is InChI=1S/C4H4ClF3N2/c5-3(10)1-2(9)4(6,7)8/h1,10H,9H2. The fraction of sp³-hybridized carbons (Fsp3) is 0.250. The first kappa shape index (κ1) is 9.29. The van der Waals surface area contributed by atoms with E-state index >= 15 is 0 Å². The molecular formula is C4H4ClF3N2. The molecule has 0 saturated carbocycles. The topological polar surface area (TPSA) is 49.9 Å². The van der Waals surface area contributed by atoms with E-state index in [-0.39, 0.29) is 0 Å². The summed E-state index contributed by atoms with van der Waals surface area (Å²) >= 11 is 4.81. The Labute approximate surface area is 60.0 Å². The number of alkyl halides is 3. The van der Waals surface area contributed by atoms with Crippen LogP contribution in [0.3, 0.4) is 0 Å². The molecule has 0 atom stereocenters. The third-order valence-corrected chi connectivity index (χ3v) is 0.719. The van der Waals surface area contributed by atoms with Gasteiger partial charge in [0.1, 0.15) is 10.9 Å². The summed E-state index contributed by atoms with van der Waals surface area (Å²) in [7, 11) is 0. The molecule has 0 bridgehead atoms. The van der Waals surface area contributed by atoms with E-state index in [1.165, 1.54) is 0 Å². The van der Waals surface area contributed by atoms with Crippen LogP contribution in [-0.2, 0) is 0 Å². The summed E-state index contributed by atoms with van der Waals surface area (Å²) in [5.41, 5.74) is 3.09. The fourth-order valence-corrected chi connectivity index (χ4v) is 0.336. The van der Waals surface area contributed by atoms with Crippen LogP contribution in [-0.4, -0.2) is 11.3 Å². The van der Waals surface area contributed by atoms with Crippen LogP contribution in [0.1, 0.15) is 0 Å². The zero-order valence-electron chi connectivity index (χ0n) is 4.67. The first-order valence-electron chi connectivity index (χ1n) is 2.12. The number of rotatable bonds is 1. The van der Waals surface area contributed by atoms with E-state index in [9.17, 15) is 13.2 Å². The minimum atomic E-state index is -4.60. The maximum atomic E-state index is 11.5. The van der Waals surface area contributed by atoms with Crippen molar-refractivity contribution < 1.29 is 13.2 Å². The normalized spacial score (nSPS) is 13.4. The van der Waals surface area contributed by atoms with Gasteiger partial charge in [-0.1, -0.05) is 11.6 Å². The highest BCUT2D eigenvalue weighted by molar-refractivity contribution is 6.67. The van der Waals surface area contributed by atoms with E-state index in [2.05, 4.69) is 5.73 Å². The molecule has 0 fully saturated rings. The van der Waals surface area contributed by atoms with E-state index in [1.54, 1.807) is 0 Å². The molecule has 0 heterocycles. The van der Waals surface area contributed by atoms with Gasteiger partial charge in [0, 0.05) is 6.08 Å². The van der Waals surface area contributed by atoms with Crippen molar-refractivity contribution in [2.75, 3.05) is 0 Å². The summed E-state index contributed by atoms with van der Waals surface area (Å²) in [6.07, 6.45) is -4.26. The van der Waals surface area contributed by atoms with Crippen LogP contribution >= 0.6 is 11.6 Å². The van der Waals surface area contributed by atoms with Crippen molar-refractivity contribution in [1.82, 2.24) is 0 Å². The molecule has 0 aliphatic rings. The summed E-state index contributed by atoms with van der Waals surface area (Å²) in [5.74, 6) is 0. The summed E-state index contributed by atoms with van der Waals surface area (Å²) in [5, 5.41) is 5.67. The molecule has 0 aromatic rings. The zero-order chi connectivity index (χ0) is 8.36. The molecule has 0 saturated heterocycles. The summed E-state index contributed by atoms with van der Waals surface area (Å²) < 4.78 is 34.4. The molecule has 0 spiro atoms. The molecule has 0 aliphatic heterocycles. The van der Waals surface area contributed by atoms with Crippen LogP contribution in [0.4, 0.5) is 13.2 Å². The molecule has 0 aliphatic carbocycles. The Bertz CT molecular complexity index is 172. The van der Waals surface area contributed by atoms with Gasteiger partial charge in [0.2, 0.25) is 0 Å². The molecule has 0 unspecified atom stereocenters. The van der Waals surface area contributed by atoms with Gasteiger partial charge in [-0.3, -0.25) is 5.41 Å². The van der Waals surface area contributed by atoms with E-state index in [1.807, 2.05) is 0 Å². The van der Waals surface area contributed by atoms with Crippen LogP contribution in [0.25, 0.3) is 0 Å². The number of nitrogens with one attached hydrogen (secondary N) is 1. The predicted octanol–water partition coefficient (Wildman–Crippen LogP) is 1.61. The first-order valence-corrected chi connectivity index (χ1v) is 2.50. The first-order chi connectivity index (χ1) is 4.34. The van der Waals surface area contributed by atoms with Crippen LogP contribution in [0.5, 0.6) is 0 Å². The third-order valence-electron chi connectivity index (χ3n) is 0.610. The second kappa shape index (κ2) is 2.92. The van der Waals surface area contributed by atoms with E-state index in [0.717, 1.165) is 0 Å². The minimum absolute atomic E-state index is 0.335. The van der Waals surface area contributed by atoms with Gasteiger partial charge in [-0.15, -0.1) is 0 Å². The highest BCUT2D eigenvalue weighted by Gasteiger charge is 2.31. The monoisotopic (exact) mass is 172 g/mol. The highest BCUT2D eigenvalue weighted by Crippen LogP contribution is 2.21. The molecule has 58 valence electrons. The molecule has 0 aromatic carbocycles. The lowest BCUT2D eigenvalue weighted by atomic mass is 10.4. The van der Waals surface area contributed by atoms with Gasteiger partial charge in [-0.2, -0.15) is 13.2 Å². The maximum absolute atomic E-state index is 11.5. The number of hydrogen-bond acceptors (Lipinski definition) is 2. The second-order valence-electron chi connectivity index (χ2n) is 1.45. The fourth-order valence-electron chi connectivity index (χ4n) is 0.218. The molecule has 0 radical (unpaired) electrons. The Morgan fingerprint density at radius 1 is 1.50 bits per heavy atom. The van der Waals surface area contributed by atoms with Crippen LogP contribution in [0.15, 0.2) is 11.8 Å². The van der Waals surface area contributed by atoms with Gasteiger partial charge in [-0.25, -0.2) is 0 Å². The van der Waals surface area contributed by atoms with Gasteiger partial charge in [0.25, 0.3) is 0 Å². The van der Waals surface area contributed by atoms with E-state index in [4.69, 9.17) is 17.0 Å². The van der Waals surface area contributed by atoms with Gasteiger partial charge in [-0.05, 0) is 0 Å². The minimum Gasteiger partial charge on any atom is -0.395 e. The van der Waals surface area contributed by atoms with Crippen molar-refractivity contribution in [3.05, 3.63) is 11.8 Å².